The lowest BCUT2D eigenvalue weighted by Gasteiger charge is -2.35. The van der Waals surface area contributed by atoms with Crippen LogP contribution in [0.25, 0.3) is 0 Å². The number of aliphatic hydroxyl groups is 1. The molecule has 3 heterocycles. The fourth-order valence-electron chi connectivity index (χ4n) is 4.12. The second-order valence-corrected chi connectivity index (χ2v) is 6.75. The zero-order valence-electron chi connectivity index (χ0n) is 14.8. The van der Waals surface area contributed by atoms with Crippen LogP contribution in [0.2, 0.25) is 0 Å². The Kier molecular flexibility index (Phi) is 3.74. The Labute approximate surface area is 161 Å². The van der Waals surface area contributed by atoms with Crippen molar-refractivity contribution in [3.05, 3.63) is 64.4 Å². The van der Waals surface area contributed by atoms with Crippen molar-refractivity contribution in [2.75, 3.05) is 31.5 Å². The van der Waals surface area contributed by atoms with E-state index in [4.69, 9.17) is 14.2 Å². The maximum absolute atomic E-state index is 12.6. The lowest BCUT2D eigenvalue weighted by Crippen LogP contribution is -2.33. The zero-order chi connectivity index (χ0) is 19.3. The van der Waals surface area contributed by atoms with Gasteiger partial charge in [-0.1, -0.05) is 12.1 Å². The number of esters is 1. The van der Waals surface area contributed by atoms with Crippen LogP contribution in [0.3, 0.4) is 0 Å². The zero-order valence-corrected chi connectivity index (χ0v) is 14.8. The van der Waals surface area contributed by atoms with Gasteiger partial charge in [-0.3, -0.25) is 0 Å². The number of hydrogen-bond donors (Lipinski definition) is 1. The lowest BCUT2D eigenvalue weighted by atomic mass is 9.80. The van der Waals surface area contributed by atoms with E-state index in [1.165, 1.54) is 0 Å². The maximum atomic E-state index is 12.6. The van der Waals surface area contributed by atoms with Crippen molar-refractivity contribution in [1.82, 2.24) is 0 Å². The number of fused-ring (bicyclic) bond motifs is 2. The summed E-state index contributed by atoms with van der Waals surface area (Å²) in [7, 11) is 0. The average molecular weight is 376 g/mol. The monoisotopic (exact) mass is 376 g/mol. The molecule has 0 saturated heterocycles. The molecule has 1 unspecified atom stereocenters. The van der Waals surface area contributed by atoms with Crippen LogP contribution in [0.5, 0.6) is 11.5 Å². The quantitative estimate of drug-likeness (QED) is 0.820. The summed E-state index contributed by atoms with van der Waals surface area (Å²) in [6.45, 7) is 0.541. The number of nitriles is 1. The molecule has 7 nitrogen and oxygen atoms in total. The number of aliphatic hydroxyl groups excluding tert-OH is 1. The van der Waals surface area contributed by atoms with Crippen molar-refractivity contribution in [2.24, 2.45) is 0 Å². The van der Waals surface area contributed by atoms with E-state index in [0.717, 1.165) is 22.5 Å². The molecule has 0 spiro atoms. The molecule has 0 aromatic heterocycles. The van der Waals surface area contributed by atoms with Gasteiger partial charge in [0.2, 0.25) is 6.79 Å². The predicted octanol–water partition coefficient (Wildman–Crippen LogP) is 2.04. The van der Waals surface area contributed by atoms with E-state index in [9.17, 15) is 15.2 Å². The second-order valence-electron chi connectivity index (χ2n) is 6.75. The van der Waals surface area contributed by atoms with Crippen molar-refractivity contribution in [3.8, 4) is 17.6 Å². The first kappa shape index (κ1) is 16.7. The van der Waals surface area contributed by atoms with Gasteiger partial charge in [-0.05, 0) is 29.3 Å². The summed E-state index contributed by atoms with van der Waals surface area (Å²) in [5, 5.41) is 18.9. The summed E-state index contributed by atoms with van der Waals surface area (Å²) >= 11 is 0. The van der Waals surface area contributed by atoms with Crippen LogP contribution >= 0.6 is 0 Å². The Bertz CT molecular complexity index is 1070. The molecule has 0 amide bonds. The number of β-amino-alcohol motifs (C(OH)–C–C–N with tert-alkyl or cyclic N) is 1. The summed E-state index contributed by atoms with van der Waals surface area (Å²) in [6.07, 6.45) is 0. The molecule has 7 heteroatoms. The molecule has 0 aliphatic carbocycles. The first-order valence-electron chi connectivity index (χ1n) is 8.93. The third-order valence-electron chi connectivity index (χ3n) is 5.28. The molecule has 1 atom stereocenters. The number of cyclic esters (lactones) is 1. The third kappa shape index (κ3) is 2.35. The smallest absolute Gasteiger partial charge is 0.337 e. The van der Waals surface area contributed by atoms with E-state index in [2.05, 4.69) is 6.07 Å². The molecular weight excluding hydrogens is 360 g/mol. The number of benzene rings is 2. The molecule has 0 fully saturated rings. The van der Waals surface area contributed by atoms with Crippen LogP contribution in [0.15, 0.2) is 47.7 Å². The fraction of sp³-hybridized carbons (Fsp3) is 0.238. The van der Waals surface area contributed by atoms with Gasteiger partial charge < -0.3 is 24.2 Å². The first-order valence-corrected chi connectivity index (χ1v) is 8.93. The van der Waals surface area contributed by atoms with Crippen molar-refractivity contribution in [2.45, 2.75) is 5.92 Å². The molecule has 2 aromatic rings. The number of carbonyl (C=O) groups excluding carboxylic acids is 1. The molecule has 5 rings (SSSR count). The SMILES string of the molecule is N#Cc1cccc(C2C3=C(COC3=O)N(CCO)c3cc4c(cc32)OCO4)c1. The van der Waals surface area contributed by atoms with Crippen molar-refractivity contribution in [1.29, 1.82) is 5.26 Å². The van der Waals surface area contributed by atoms with E-state index in [0.29, 0.717) is 29.2 Å². The van der Waals surface area contributed by atoms with Crippen molar-refractivity contribution in [3.63, 3.8) is 0 Å². The Morgan fingerprint density at radius 1 is 1.18 bits per heavy atom. The van der Waals surface area contributed by atoms with E-state index in [1.807, 2.05) is 23.1 Å². The molecule has 2 aromatic carbocycles. The highest BCUT2D eigenvalue weighted by atomic mass is 16.7. The molecule has 0 radical (unpaired) electrons. The Hall–Kier alpha value is -3.50. The summed E-state index contributed by atoms with van der Waals surface area (Å²) in [6, 6.07) is 13.1. The highest BCUT2D eigenvalue weighted by molar-refractivity contribution is 5.97. The molecule has 28 heavy (non-hydrogen) atoms. The predicted molar refractivity (Wildman–Crippen MR) is 98.0 cm³/mol. The minimum Gasteiger partial charge on any atom is -0.456 e. The van der Waals surface area contributed by atoms with Crippen LogP contribution in [0.4, 0.5) is 5.69 Å². The van der Waals surface area contributed by atoms with Gasteiger partial charge >= 0.3 is 5.97 Å². The largest absolute Gasteiger partial charge is 0.456 e. The van der Waals surface area contributed by atoms with Crippen LogP contribution in [0, 0.1) is 11.3 Å². The highest BCUT2D eigenvalue weighted by Crippen LogP contribution is 2.51. The van der Waals surface area contributed by atoms with Crippen LogP contribution in [-0.4, -0.2) is 37.6 Å². The summed E-state index contributed by atoms with van der Waals surface area (Å²) in [4.78, 5) is 14.6. The summed E-state index contributed by atoms with van der Waals surface area (Å²) in [5.74, 6) is 0.464. The van der Waals surface area contributed by atoms with Crippen molar-refractivity contribution < 1.29 is 24.1 Å². The maximum Gasteiger partial charge on any atom is 0.337 e. The van der Waals surface area contributed by atoms with Gasteiger partial charge in [0, 0.05) is 24.2 Å². The van der Waals surface area contributed by atoms with E-state index >= 15 is 0 Å². The molecule has 0 bridgehead atoms. The van der Waals surface area contributed by atoms with Crippen LogP contribution in [-0.2, 0) is 9.53 Å². The standard InChI is InChI=1S/C21H16N2O5/c22-9-12-2-1-3-13(6-12)19-14-7-17-18(28-11-27-17)8-15(14)23(4-5-24)16-10-26-21(25)20(16)19/h1-3,6-8,19,24H,4-5,10-11H2. The average Bonchev–Trinajstić information content (AvgIpc) is 3.33. The number of anilines is 1. The van der Waals surface area contributed by atoms with Gasteiger partial charge in [0.1, 0.15) is 6.61 Å². The molecule has 140 valence electrons. The minimum absolute atomic E-state index is 0.0760. The lowest BCUT2D eigenvalue weighted by molar-refractivity contribution is -0.136. The number of hydrogen-bond acceptors (Lipinski definition) is 7. The normalized spacial score (nSPS) is 19.2. The number of carbonyl (C=O) groups is 1. The number of nitrogens with zero attached hydrogens (tertiary/aromatic N) is 2. The molecular formula is C21H16N2O5. The van der Waals surface area contributed by atoms with Gasteiger partial charge in [-0.15, -0.1) is 0 Å². The highest BCUT2D eigenvalue weighted by Gasteiger charge is 2.42. The van der Waals surface area contributed by atoms with E-state index < -0.39 is 5.92 Å². The first-order chi connectivity index (χ1) is 13.7. The van der Waals surface area contributed by atoms with Gasteiger partial charge in [-0.25, -0.2) is 4.79 Å². The fourth-order valence-corrected chi connectivity index (χ4v) is 4.12. The van der Waals surface area contributed by atoms with E-state index in [-0.39, 0.29) is 26.0 Å². The minimum atomic E-state index is -0.391. The Balaban J connectivity index is 1.77. The topological polar surface area (TPSA) is 92.0 Å². The van der Waals surface area contributed by atoms with Crippen LogP contribution < -0.4 is 14.4 Å². The molecule has 3 aliphatic rings. The summed E-state index contributed by atoms with van der Waals surface area (Å²) < 4.78 is 16.4. The van der Waals surface area contributed by atoms with Crippen LogP contribution in [0.1, 0.15) is 22.6 Å². The summed E-state index contributed by atoms with van der Waals surface area (Å²) in [5.41, 5.74) is 4.31. The second kappa shape index (κ2) is 6.29. The third-order valence-corrected chi connectivity index (χ3v) is 5.28. The number of ether oxygens (including phenoxy) is 3. The van der Waals surface area contributed by atoms with Gasteiger partial charge in [-0.2, -0.15) is 5.26 Å². The Morgan fingerprint density at radius 2 is 2.00 bits per heavy atom. The van der Waals surface area contributed by atoms with Gasteiger partial charge in [0.15, 0.2) is 11.5 Å². The Morgan fingerprint density at radius 3 is 2.79 bits per heavy atom. The van der Waals surface area contributed by atoms with E-state index in [1.54, 1.807) is 18.2 Å². The van der Waals surface area contributed by atoms with Gasteiger partial charge in [0.05, 0.1) is 29.5 Å². The molecule has 0 saturated carbocycles. The van der Waals surface area contributed by atoms with Gasteiger partial charge in [0.25, 0.3) is 0 Å². The number of rotatable bonds is 3. The molecule has 1 N–H and O–H groups in total. The molecule has 3 aliphatic heterocycles. The van der Waals surface area contributed by atoms with Crippen molar-refractivity contribution >= 4 is 11.7 Å².